The molecular weight excluding hydrogens is 538 g/mol. The van der Waals surface area contributed by atoms with Gasteiger partial charge >= 0.3 is 0 Å². The van der Waals surface area contributed by atoms with Gasteiger partial charge in [-0.3, -0.25) is 19.3 Å². The molecule has 0 aliphatic carbocycles. The van der Waals surface area contributed by atoms with Crippen molar-refractivity contribution in [1.29, 1.82) is 0 Å². The van der Waals surface area contributed by atoms with Crippen LogP contribution in [0.3, 0.4) is 0 Å². The number of carbonyl (C=O) groups is 2. The molecule has 188 valence electrons. The summed E-state index contributed by atoms with van der Waals surface area (Å²) < 4.78 is 18.3. The van der Waals surface area contributed by atoms with Crippen LogP contribution in [0, 0.1) is 0 Å². The fraction of sp³-hybridized carbons (Fsp3) is 0.207. The first-order valence-corrected chi connectivity index (χ1v) is 12.7. The Hall–Kier alpha value is -3.91. The van der Waals surface area contributed by atoms with Crippen LogP contribution in [0.4, 0.5) is 5.69 Å². The SMILES string of the molecule is CCOc1ccc(C2c3c(oc4ccc(Br)cc4c3=O)C(=O)N2c2ccc(C(C)=O)cc2)cc1OCC. The molecule has 1 amide bonds. The molecule has 1 unspecified atom stereocenters. The summed E-state index contributed by atoms with van der Waals surface area (Å²) >= 11 is 3.42. The highest BCUT2D eigenvalue weighted by Gasteiger charge is 2.44. The summed E-state index contributed by atoms with van der Waals surface area (Å²) in [6.45, 7) is 6.12. The van der Waals surface area contributed by atoms with Gasteiger partial charge in [0.05, 0.1) is 30.2 Å². The van der Waals surface area contributed by atoms with E-state index in [9.17, 15) is 14.4 Å². The zero-order valence-electron chi connectivity index (χ0n) is 20.5. The van der Waals surface area contributed by atoms with Gasteiger partial charge in [-0.1, -0.05) is 22.0 Å². The average Bonchev–Trinajstić information content (AvgIpc) is 3.18. The van der Waals surface area contributed by atoms with Crippen molar-refractivity contribution in [3.63, 3.8) is 0 Å². The number of carbonyl (C=O) groups excluding carboxylic acids is 2. The molecule has 7 nitrogen and oxygen atoms in total. The van der Waals surface area contributed by atoms with E-state index in [0.29, 0.717) is 52.5 Å². The molecule has 0 spiro atoms. The van der Waals surface area contributed by atoms with Crippen LogP contribution in [0.2, 0.25) is 0 Å². The molecule has 8 heteroatoms. The molecule has 1 aromatic heterocycles. The van der Waals surface area contributed by atoms with Crippen molar-refractivity contribution in [2.45, 2.75) is 26.8 Å². The molecule has 1 aliphatic heterocycles. The van der Waals surface area contributed by atoms with Gasteiger partial charge in [-0.15, -0.1) is 0 Å². The minimum atomic E-state index is -0.778. The maximum Gasteiger partial charge on any atom is 0.295 e. The first-order chi connectivity index (χ1) is 17.8. The lowest BCUT2D eigenvalue weighted by Crippen LogP contribution is -2.29. The Labute approximate surface area is 221 Å². The first-order valence-electron chi connectivity index (χ1n) is 11.9. The lowest BCUT2D eigenvalue weighted by atomic mass is 9.97. The van der Waals surface area contributed by atoms with Crippen LogP contribution in [0.5, 0.6) is 11.5 Å². The van der Waals surface area contributed by atoms with E-state index < -0.39 is 11.9 Å². The minimum absolute atomic E-state index is 0.00712. The Morgan fingerprint density at radius 3 is 2.32 bits per heavy atom. The third kappa shape index (κ3) is 4.31. The lowest BCUT2D eigenvalue weighted by Gasteiger charge is -2.26. The normalized spacial score (nSPS) is 14.6. The van der Waals surface area contributed by atoms with E-state index in [2.05, 4.69) is 15.9 Å². The Bertz CT molecular complexity index is 1590. The highest BCUT2D eigenvalue weighted by atomic mass is 79.9. The van der Waals surface area contributed by atoms with E-state index in [4.69, 9.17) is 13.9 Å². The quantitative estimate of drug-likeness (QED) is 0.246. The predicted octanol–water partition coefficient (Wildman–Crippen LogP) is 6.31. The number of ether oxygens (including phenoxy) is 2. The van der Waals surface area contributed by atoms with Crippen LogP contribution in [0.15, 0.2) is 74.3 Å². The molecule has 1 aliphatic rings. The zero-order chi connectivity index (χ0) is 26.3. The number of fused-ring (bicyclic) bond motifs is 2. The minimum Gasteiger partial charge on any atom is -0.490 e. The summed E-state index contributed by atoms with van der Waals surface area (Å²) in [6, 6.07) is 16.5. The second-order valence-corrected chi connectivity index (χ2v) is 9.48. The van der Waals surface area contributed by atoms with Crippen molar-refractivity contribution >= 4 is 44.3 Å². The average molecular weight is 562 g/mol. The standard InChI is InChI=1S/C29H24BrNO6/c1-4-35-23-12-8-18(14-24(23)36-5-2)26-25-27(33)21-15-19(30)9-13-22(21)37-28(25)29(34)31(26)20-10-6-17(7-11-20)16(3)32/h6-15,26H,4-5H2,1-3H3. The number of halogens is 1. The molecule has 4 aromatic rings. The molecule has 0 radical (unpaired) electrons. The molecule has 2 heterocycles. The number of Topliss-reactive ketones (excluding diaryl/α,β-unsaturated/α-hetero) is 1. The molecule has 0 fully saturated rings. The highest BCUT2D eigenvalue weighted by molar-refractivity contribution is 9.10. The molecule has 5 rings (SSSR count). The monoisotopic (exact) mass is 561 g/mol. The maximum atomic E-state index is 13.8. The van der Waals surface area contributed by atoms with E-state index in [0.717, 1.165) is 4.47 Å². The molecule has 0 saturated heterocycles. The summed E-state index contributed by atoms with van der Waals surface area (Å²) in [5.41, 5.74) is 2.01. The van der Waals surface area contributed by atoms with Gasteiger partial charge in [-0.25, -0.2) is 0 Å². The highest BCUT2D eigenvalue weighted by Crippen LogP contribution is 2.43. The molecule has 0 N–H and O–H groups in total. The number of benzene rings is 3. The lowest BCUT2D eigenvalue weighted by molar-refractivity contribution is 0.0970. The number of amides is 1. The Kier molecular flexibility index (Phi) is 6.60. The van der Waals surface area contributed by atoms with Gasteiger partial charge in [0.1, 0.15) is 5.58 Å². The topological polar surface area (TPSA) is 86.0 Å². The summed E-state index contributed by atoms with van der Waals surface area (Å²) in [6.07, 6.45) is 0. The van der Waals surface area contributed by atoms with E-state index in [1.165, 1.54) is 11.8 Å². The number of nitrogens with zero attached hydrogens (tertiary/aromatic N) is 1. The summed E-state index contributed by atoms with van der Waals surface area (Å²) in [5.74, 6) is 0.560. The fourth-order valence-electron chi connectivity index (χ4n) is 4.62. The maximum absolute atomic E-state index is 13.8. The Morgan fingerprint density at radius 2 is 1.65 bits per heavy atom. The van der Waals surface area contributed by atoms with Crippen LogP contribution in [0.25, 0.3) is 11.0 Å². The van der Waals surface area contributed by atoms with Crippen LogP contribution in [0.1, 0.15) is 58.9 Å². The van der Waals surface area contributed by atoms with Crippen molar-refractivity contribution in [3.05, 3.63) is 97.8 Å². The number of anilines is 1. The van der Waals surface area contributed by atoms with Crippen LogP contribution >= 0.6 is 15.9 Å². The molecule has 1 atom stereocenters. The van der Waals surface area contributed by atoms with Gasteiger partial charge in [0.2, 0.25) is 5.76 Å². The van der Waals surface area contributed by atoms with Crippen molar-refractivity contribution in [3.8, 4) is 11.5 Å². The third-order valence-corrected chi connectivity index (χ3v) is 6.76. The first kappa shape index (κ1) is 24.8. The van der Waals surface area contributed by atoms with Crippen LogP contribution in [-0.2, 0) is 0 Å². The second-order valence-electron chi connectivity index (χ2n) is 8.57. The number of hydrogen-bond donors (Lipinski definition) is 0. The summed E-state index contributed by atoms with van der Waals surface area (Å²) in [7, 11) is 0. The van der Waals surface area contributed by atoms with E-state index in [1.54, 1.807) is 54.6 Å². The van der Waals surface area contributed by atoms with Gasteiger partial charge in [0.25, 0.3) is 5.91 Å². The van der Waals surface area contributed by atoms with Crippen molar-refractivity contribution < 1.29 is 23.5 Å². The van der Waals surface area contributed by atoms with Gasteiger partial charge in [0, 0.05) is 15.7 Å². The molecular formula is C29H24BrNO6. The van der Waals surface area contributed by atoms with Crippen LogP contribution in [-0.4, -0.2) is 24.9 Å². The largest absolute Gasteiger partial charge is 0.490 e. The third-order valence-electron chi connectivity index (χ3n) is 6.27. The van der Waals surface area contributed by atoms with Crippen LogP contribution < -0.4 is 19.8 Å². The van der Waals surface area contributed by atoms with Crippen molar-refractivity contribution in [2.75, 3.05) is 18.1 Å². The molecule has 37 heavy (non-hydrogen) atoms. The second kappa shape index (κ2) is 9.86. The molecule has 3 aromatic carbocycles. The van der Waals surface area contributed by atoms with Gasteiger partial charge in [0.15, 0.2) is 22.7 Å². The van der Waals surface area contributed by atoms with Gasteiger partial charge < -0.3 is 13.9 Å². The molecule has 0 saturated carbocycles. The van der Waals surface area contributed by atoms with Crippen molar-refractivity contribution in [2.24, 2.45) is 0 Å². The smallest absolute Gasteiger partial charge is 0.295 e. The van der Waals surface area contributed by atoms with Crippen molar-refractivity contribution in [1.82, 2.24) is 0 Å². The van der Waals surface area contributed by atoms with E-state index in [-0.39, 0.29) is 22.5 Å². The number of ketones is 1. The van der Waals surface area contributed by atoms with E-state index in [1.807, 2.05) is 19.9 Å². The fourth-order valence-corrected chi connectivity index (χ4v) is 4.98. The zero-order valence-corrected chi connectivity index (χ0v) is 22.1. The number of hydrogen-bond acceptors (Lipinski definition) is 6. The van der Waals surface area contributed by atoms with Gasteiger partial charge in [-0.05, 0) is 80.9 Å². The van der Waals surface area contributed by atoms with Gasteiger partial charge in [-0.2, -0.15) is 0 Å². The summed E-state index contributed by atoms with van der Waals surface area (Å²) in [4.78, 5) is 41.0. The molecule has 0 bridgehead atoms. The Balaban J connectivity index is 1.76. The van der Waals surface area contributed by atoms with E-state index >= 15 is 0 Å². The summed E-state index contributed by atoms with van der Waals surface area (Å²) in [5, 5.41) is 0.371. The number of rotatable bonds is 7. The Morgan fingerprint density at radius 1 is 0.946 bits per heavy atom. The predicted molar refractivity (Wildman–Crippen MR) is 144 cm³/mol.